The van der Waals surface area contributed by atoms with Crippen LogP contribution in [0.1, 0.15) is 0 Å². The lowest BCUT2D eigenvalue weighted by molar-refractivity contribution is 1.29. The summed E-state index contributed by atoms with van der Waals surface area (Å²) >= 11 is 0. The van der Waals surface area contributed by atoms with Gasteiger partial charge in [0, 0.05) is 34.1 Å². The van der Waals surface area contributed by atoms with Crippen LogP contribution in [0.4, 0.5) is 34.1 Å². The van der Waals surface area contributed by atoms with Crippen molar-refractivity contribution in [1.82, 2.24) is 0 Å². The van der Waals surface area contributed by atoms with Gasteiger partial charge < -0.3 is 9.80 Å². The Morgan fingerprint density at radius 3 is 1.29 bits per heavy atom. The van der Waals surface area contributed by atoms with Crippen molar-refractivity contribution in [3.63, 3.8) is 0 Å². The average molecular weight is 889 g/mol. The highest BCUT2D eigenvalue weighted by Gasteiger charge is 2.36. The van der Waals surface area contributed by atoms with Crippen LogP contribution in [0.25, 0.3) is 54.2 Å². The van der Waals surface area contributed by atoms with Gasteiger partial charge in [-0.25, -0.2) is 0 Å². The molecule has 10 aromatic rings. The van der Waals surface area contributed by atoms with Crippen LogP contribution in [-0.4, -0.2) is 24.2 Å². The molecule has 65 heavy (non-hydrogen) atoms. The number of hydrogen-bond acceptors (Lipinski definition) is 2. The molecule has 0 radical (unpaired) electrons. The molecule has 0 spiro atoms. The molecule has 1 heterocycles. The third kappa shape index (κ3) is 7.14. The molecule has 0 fully saturated rings. The lowest BCUT2D eigenvalue weighted by Gasteiger charge is -2.36. The Hall–Kier alpha value is -6.51. The molecule has 0 bridgehead atoms. The molecule has 0 saturated heterocycles. The number of rotatable bonds is 8. The molecule has 0 atom stereocenters. The summed E-state index contributed by atoms with van der Waals surface area (Å²) in [6, 6.07) is 74.0. The van der Waals surface area contributed by atoms with Gasteiger partial charge in [0.15, 0.2) is 0 Å². The average Bonchev–Trinajstić information content (AvgIpc) is 3.30. The van der Waals surface area contributed by atoms with Gasteiger partial charge >= 0.3 is 0 Å². The van der Waals surface area contributed by atoms with Gasteiger partial charge in [0.2, 0.25) is 0 Å². The molecule has 1 aliphatic rings. The van der Waals surface area contributed by atoms with Crippen LogP contribution in [0.2, 0.25) is 52.4 Å². The smallest absolute Gasteiger partial charge is 0.113 e. The SMILES string of the molecule is C[Si](C)(C)c1ccc(N(c2ccc3c(c2)[Si](C)(C)c2cccc4c2c-3cc2ccc(N(c3ccc([Si](C)(C)C)cc3)c3ccc5ccccc5c3)cc24)c2ccc3ccccc3c2)cc1. The zero-order chi connectivity index (χ0) is 44.8. The first-order valence-electron chi connectivity index (χ1n) is 23.2. The summed E-state index contributed by atoms with van der Waals surface area (Å²) < 4.78 is 0. The third-order valence-electron chi connectivity index (χ3n) is 14.1. The van der Waals surface area contributed by atoms with Crippen LogP contribution in [0.15, 0.2) is 194 Å². The fourth-order valence-electron chi connectivity index (χ4n) is 10.4. The van der Waals surface area contributed by atoms with Crippen molar-refractivity contribution in [3.8, 4) is 11.1 Å². The highest BCUT2D eigenvalue weighted by atomic mass is 28.3. The van der Waals surface area contributed by atoms with Crippen molar-refractivity contribution < 1.29 is 0 Å². The van der Waals surface area contributed by atoms with Crippen LogP contribution in [0, 0.1) is 0 Å². The molecule has 5 heteroatoms. The maximum absolute atomic E-state index is 2.56. The van der Waals surface area contributed by atoms with Crippen LogP contribution >= 0.6 is 0 Å². The second-order valence-electron chi connectivity index (χ2n) is 20.7. The Morgan fingerprint density at radius 2 is 0.769 bits per heavy atom. The number of benzene rings is 10. The van der Waals surface area contributed by atoms with Gasteiger partial charge in [-0.05, 0) is 143 Å². The van der Waals surface area contributed by atoms with Gasteiger partial charge in [-0.2, -0.15) is 0 Å². The molecule has 0 saturated carbocycles. The molecule has 318 valence electrons. The molecule has 1 aliphatic heterocycles. The van der Waals surface area contributed by atoms with E-state index in [9.17, 15) is 0 Å². The summed E-state index contributed by atoms with van der Waals surface area (Å²) in [4.78, 5) is 4.92. The van der Waals surface area contributed by atoms with Crippen molar-refractivity contribution in [2.75, 3.05) is 9.80 Å². The van der Waals surface area contributed by atoms with Gasteiger partial charge in [-0.15, -0.1) is 0 Å². The first-order valence-corrected chi connectivity index (χ1v) is 33.2. The van der Waals surface area contributed by atoms with E-state index in [2.05, 4.69) is 256 Å². The topological polar surface area (TPSA) is 6.48 Å². The number of nitrogens with zero attached hydrogens (tertiary/aromatic N) is 2. The van der Waals surface area contributed by atoms with E-state index in [1.165, 1.54) is 103 Å². The Kier molecular flexibility index (Phi) is 9.70. The lowest BCUT2D eigenvalue weighted by Crippen LogP contribution is -2.56. The van der Waals surface area contributed by atoms with Crippen LogP contribution in [0.3, 0.4) is 0 Å². The van der Waals surface area contributed by atoms with Crippen LogP contribution < -0.4 is 30.5 Å². The van der Waals surface area contributed by atoms with Crippen molar-refractivity contribution >= 4 is 122 Å². The number of anilines is 6. The Labute approximate surface area is 387 Å². The molecular weight excluding hydrogens is 833 g/mol. The quantitative estimate of drug-likeness (QED) is 0.111. The van der Waals surface area contributed by atoms with Gasteiger partial charge in [0.25, 0.3) is 0 Å². The zero-order valence-electron chi connectivity index (χ0n) is 38.9. The normalized spacial score (nSPS) is 13.4. The van der Waals surface area contributed by atoms with E-state index in [-0.39, 0.29) is 0 Å². The van der Waals surface area contributed by atoms with Crippen LogP contribution in [0.5, 0.6) is 0 Å². The standard InChI is InChI=1S/C60H56N2Si3/c1-63(2,3)52-31-26-46(27-32-52)61(48-23-20-41-14-9-11-16-43(41)36-48)50-25-22-45-38-57-54-35-30-51(40-59(54)65(7,8)58-19-13-18-55(60(57)58)56(45)39-50)62(47-28-33-53(34-29-47)64(4,5)6)49-24-21-42-15-10-12-17-44(42)37-49/h9-40H,1-8H3. The van der Waals surface area contributed by atoms with E-state index >= 15 is 0 Å². The second-order valence-corrected chi connectivity index (χ2v) is 35.2. The molecular formula is C60H56N2Si3. The molecule has 2 nitrogen and oxygen atoms in total. The number of hydrogen-bond donors (Lipinski definition) is 0. The van der Waals surface area contributed by atoms with Crippen molar-refractivity contribution in [3.05, 3.63) is 194 Å². The molecule has 0 aliphatic carbocycles. The monoisotopic (exact) mass is 888 g/mol. The highest BCUT2D eigenvalue weighted by Crippen LogP contribution is 2.44. The molecule has 10 aromatic carbocycles. The maximum atomic E-state index is 2.56. The van der Waals surface area contributed by atoms with Crippen molar-refractivity contribution in [2.45, 2.75) is 52.4 Å². The van der Waals surface area contributed by atoms with Gasteiger partial charge in [0.05, 0.1) is 16.1 Å². The lowest BCUT2D eigenvalue weighted by atomic mass is 9.92. The second kappa shape index (κ2) is 15.3. The van der Waals surface area contributed by atoms with E-state index < -0.39 is 24.2 Å². The minimum Gasteiger partial charge on any atom is -0.310 e. The van der Waals surface area contributed by atoms with Crippen molar-refractivity contribution in [2.24, 2.45) is 0 Å². The predicted octanol–water partition coefficient (Wildman–Crippen LogP) is 15.1. The Bertz CT molecular complexity index is 3490. The minimum atomic E-state index is -2.22. The van der Waals surface area contributed by atoms with E-state index in [0.29, 0.717) is 0 Å². The fourth-order valence-corrected chi connectivity index (χ4v) is 15.8. The summed E-state index contributed by atoms with van der Waals surface area (Å²) in [6.07, 6.45) is 0. The van der Waals surface area contributed by atoms with Crippen molar-refractivity contribution in [1.29, 1.82) is 0 Å². The highest BCUT2D eigenvalue weighted by molar-refractivity contribution is 7.03. The minimum absolute atomic E-state index is 1.16. The Balaban J connectivity index is 1.07. The van der Waals surface area contributed by atoms with Gasteiger partial charge in [-0.1, -0.05) is 178 Å². The maximum Gasteiger partial charge on any atom is 0.113 e. The summed E-state index contributed by atoms with van der Waals surface area (Å²) in [7, 11) is -5.17. The Morgan fingerprint density at radius 1 is 0.323 bits per heavy atom. The van der Waals surface area contributed by atoms with E-state index in [1.807, 2.05) is 0 Å². The first-order chi connectivity index (χ1) is 31.2. The molecule has 11 rings (SSSR count). The van der Waals surface area contributed by atoms with E-state index in [1.54, 1.807) is 0 Å². The molecule has 0 N–H and O–H groups in total. The van der Waals surface area contributed by atoms with E-state index in [4.69, 9.17) is 0 Å². The third-order valence-corrected chi connectivity index (χ3v) is 21.7. The molecule has 0 amide bonds. The molecule has 0 unspecified atom stereocenters. The fraction of sp³-hybridized carbons (Fsp3) is 0.133. The zero-order valence-corrected chi connectivity index (χ0v) is 41.9. The summed E-state index contributed by atoms with van der Waals surface area (Å²) in [5.74, 6) is 0. The number of fused-ring (bicyclic) bond motifs is 6. The van der Waals surface area contributed by atoms with Gasteiger partial charge in [-0.3, -0.25) is 0 Å². The molecule has 0 aromatic heterocycles. The first kappa shape index (κ1) is 41.2. The summed E-state index contributed by atoms with van der Waals surface area (Å²) in [6.45, 7) is 19.7. The predicted molar refractivity (Wildman–Crippen MR) is 294 cm³/mol. The van der Waals surface area contributed by atoms with E-state index in [0.717, 1.165) is 5.69 Å². The summed E-state index contributed by atoms with van der Waals surface area (Å²) in [5, 5.41) is 16.2. The van der Waals surface area contributed by atoms with Crippen LogP contribution in [-0.2, 0) is 0 Å². The largest absolute Gasteiger partial charge is 0.310 e. The van der Waals surface area contributed by atoms with Gasteiger partial charge in [0.1, 0.15) is 8.07 Å². The summed E-state index contributed by atoms with van der Waals surface area (Å²) in [5.41, 5.74) is 9.77.